The quantitative estimate of drug-likeness (QED) is 0.0251. The maximum absolute atomic E-state index is 12.7. The monoisotopic (exact) mass is 1050 g/mol. The van der Waals surface area contributed by atoms with Crippen LogP contribution in [0.4, 0.5) is 5.82 Å². The van der Waals surface area contributed by atoms with E-state index in [2.05, 4.69) is 41.3 Å². The van der Waals surface area contributed by atoms with Gasteiger partial charge in [-0.25, -0.2) is 28.6 Å². The van der Waals surface area contributed by atoms with Crippen molar-refractivity contribution in [2.24, 2.45) is 5.41 Å². The number of nitrogens with zero attached hydrogens (tertiary/aromatic N) is 4. The second-order valence-electron chi connectivity index (χ2n) is 17.0. The summed E-state index contributed by atoms with van der Waals surface area (Å²) in [6.45, 7) is 2.82. The van der Waals surface area contributed by atoms with Gasteiger partial charge in [0.1, 0.15) is 36.3 Å². The summed E-state index contributed by atoms with van der Waals surface area (Å²) in [6.07, 6.45) is 12.3. The van der Waals surface area contributed by atoms with E-state index in [-0.39, 0.29) is 41.6 Å². The van der Waals surface area contributed by atoms with Gasteiger partial charge in [0.2, 0.25) is 11.8 Å². The minimum Gasteiger partial charge on any atom is -0.386 e. The number of phosphoric acid groups is 3. The number of hydrogen-bond acceptors (Lipinski definition) is 18. The molecule has 0 bridgehead atoms. The molecule has 2 aromatic heterocycles. The standard InChI is InChI=1S/C39H70N7O17P3S/c1-4-5-6-7-8-9-10-11-12-13-14-15-16-17-18-19-30(48)67-23-22-41-29(47)20-21-42-37(51)34(50)39(2,3)25-60-66(57,58)63-65(55,56)59-24-28-33(62-64(52,53)54)32(49)38(61-28)46-27-45-31-35(40)43-26-44-36(31)46/h26-28,32-34,38,49-50H,4-25H2,1-3H3,(H,41,47)(H,42,51)(H,55,56)(H,57,58)(H2,40,43,44)(H2,52,53,54)/t28-,32-,33-,34+,38-/m1/s1/i1+1,4+1,5+1,6+1,7+1,8+1,9+1,10+1,11+1,12+1,13+1,14+1,15+1,16+1,17+1,18+1,19+1,30+1. The molecule has 0 aromatic carbocycles. The lowest BCUT2D eigenvalue weighted by atomic mass is 9.87. The molecule has 1 aliphatic heterocycles. The Labute approximate surface area is 395 Å². The van der Waals surface area contributed by atoms with Crippen LogP contribution in [0.25, 0.3) is 11.2 Å². The summed E-state index contributed by atoms with van der Waals surface area (Å²) < 4.78 is 62.4. The van der Waals surface area contributed by atoms with Gasteiger partial charge in [-0.2, -0.15) is 4.31 Å². The molecule has 1 aliphatic rings. The molecule has 2 aromatic rings. The van der Waals surface area contributed by atoms with Crippen molar-refractivity contribution in [2.45, 2.75) is 161 Å². The number of thioether (sulfide) groups is 1. The number of carbonyl (C=O) groups is 3. The highest BCUT2D eigenvalue weighted by Gasteiger charge is 2.50. The molecule has 67 heavy (non-hydrogen) atoms. The lowest BCUT2D eigenvalue weighted by molar-refractivity contribution is -0.137. The number of phosphoric ester groups is 3. The second-order valence-corrected chi connectivity index (χ2v) is 22.4. The van der Waals surface area contributed by atoms with Crippen LogP contribution in [0.15, 0.2) is 12.7 Å². The first-order valence-electron chi connectivity index (χ1n) is 22.6. The molecule has 24 nitrogen and oxygen atoms in total. The molecule has 0 saturated carbocycles. The number of fused-ring (bicyclic) bond motifs is 1. The topological polar surface area (TPSA) is 364 Å². The number of nitrogens with one attached hydrogen (secondary N) is 2. The van der Waals surface area contributed by atoms with Gasteiger partial charge in [-0.3, -0.25) is 32.5 Å². The van der Waals surface area contributed by atoms with Crippen LogP contribution in [0.1, 0.15) is 136 Å². The van der Waals surface area contributed by atoms with Crippen molar-refractivity contribution in [1.29, 1.82) is 0 Å². The molecule has 3 rings (SSSR count). The van der Waals surface area contributed by atoms with Crippen molar-refractivity contribution >= 4 is 69.1 Å². The van der Waals surface area contributed by atoms with Gasteiger partial charge < -0.3 is 50.9 Å². The van der Waals surface area contributed by atoms with Crippen molar-refractivity contribution in [2.75, 3.05) is 37.8 Å². The fourth-order valence-electron chi connectivity index (χ4n) is 7.01. The number of ether oxygens (including phenoxy) is 1. The number of carbonyl (C=O) groups excluding carboxylic acids is 3. The molecule has 2 unspecified atom stereocenters. The van der Waals surface area contributed by atoms with Crippen LogP contribution in [-0.2, 0) is 50.7 Å². The zero-order valence-electron chi connectivity index (χ0n) is 38.4. The Bertz CT molecular complexity index is 2000. The molecule has 3 heterocycles. The van der Waals surface area contributed by atoms with Gasteiger partial charge >= 0.3 is 23.5 Å². The van der Waals surface area contributed by atoms with E-state index in [1.165, 1.54) is 90.9 Å². The number of unbranched alkanes of at least 4 members (excludes halogenated alkanes) is 14. The number of hydrogen-bond donors (Lipinski definition) is 9. The highest BCUT2D eigenvalue weighted by molar-refractivity contribution is 8.13. The first-order valence-corrected chi connectivity index (χ1v) is 28.1. The van der Waals surface area contributed by atoms with Crippen molar-refractivity contribution in [3.8, 4) is 0 Å². The Balaban J connectivity index is 1.30. The van der Waals surface area contributed by atoms with Gasteiger partial charge in [-0.15, -0.1) is 0 Å². The van der Waals surface area contributed by atoms with Crippen LogP contribution in [0.5, 0.6) is 0 Å². The Morgan fingerprint density at radius 1 is 0.851 bits per heavy atom. The van der Waals surface area contributed by atoms with E-state index >= 15 is 0 Å². The number of imidazole rings is 1. The van der Waals surface area contributed by atoms with Crippen LogP contribution < -0.4 is 16.4 Å². The fourth-order valence-corrected chi connectivity index (χ4v) is 10.6. The van der Waals surface area contributed by atoms with Crippen LogP contribution in [0.2, 0.25) is 0 Å². The zero-order valence-corrected chi connectivity index (χ0v) is 41.9. The number of aliphatic hydroxyl groups excluding tert-OH is 2. The molecule has 2 amide bonds. The maximum atomic E-state index is 12.7. The summed E-state index contributed by atoms with van der Waals surface area (Å²) in [7, 11) is -16.4. The average Bonchev–Trinajstić information content (AvgIpc) is 3.81. The van der Waals surface area contributed by atoms with E-state index in [0.29, 0.717) is 12.2 Å². The van der Waals surface area contributed by atoms with Crippen LogP contribution in [-0.4, -0.2) is 123 Å². The molecule has 384 valence electrons. The third-order valence-corrected chi connectivity index (χ3v) is 14.8. The van der Waals surface area contributed by atoms with Crippen molar-refractivity contribution < 1.29 is 80.5 Å². The van der Waals surface area contributed by atoms with Gasteiger partial charge in [-0.1, -0.05) is 122 Å². The number of nitrogens with two attached hydrogens (primary N) is 1. The molecule has 1 fully saturated rings. The van der Waals surface area contributed by atoms with E-state index in [9.17, 15) is 57.9 Å². The van der Waals surface area contributed by atoms with Crippen molar-refractivity contribution in [1.82, 2.24) is 30.2 Å². The summed E-state index contributed by atoms with van der Waals surface area (Å²) >= 11 is 1.16. The Hall–Kier alpha value is -2.44. The van der Waals surface area contributed by atoms with Crippen LogP contribution in [0, 0.1) is 5.41 Å². The number of rotatable bonds is 35. The number of nitrogen functional groups attached to an aromatic ring is 1. The van der Waals surface area contributed by atoms with E-state index in [0.717, 1.165) is 48.2 Å². The lowest BCUT2D eigenvalue weighted by Crippen LogP contribution is -2.46. The Morgan fingerprint density at radius 3 is 2.03 bits per heavy atom. The summed E-state index contributed by atoms with van der Waals surface area (Å²) in [5.41, 5.74) is 4.29. The number of anilines is 1. The first kappa shape index (κ1) is 58.9. The van der Waals surface area contributed by atoms with Gasteiger partial charge in [0, 0.05) is 37.1 Å². The largest absolute Gasteiger partial charge is 0.481 e. The summed E-state index contributed by atoms with van der Waals surface area (Å²) in [4.78, 5) is 88.4. The second kappa shape index (κ2) is 29.0. The van der Waals surface area contributed by atoms with Crippen molar-refractivity contribution in [3.05, 3.63) is 12.7 Å². The molecule has 10 N–H and O–H groups in total. The third kappa shape index (κ3) is 22.0. The normalized spacial score (nSPS) is 20.1. The zero-order chi connectivity index (χ0) is 49.7. The molecule has 0 aliphatic carbocycles. The van der Waals surface area contributed by atoms with Crippen LogP contribution in [0.3, 0.4) is 0 Å². The van der Waals surface area contributed by atoms with Gasteiger partial charge in [0.25, 0.3) is 0 Å². The molecule has 0 spiro atoms. The predicted molar refractivity (Wildman–Crippen MR) is 247 cm³/mol. The highest BCUT2D eigenvalue weighted by atomic mass is 32.2. The highest BCUT2D eigenvalue weighted by Crippen LogP contribution is 2.61. The maximum Gasteiger partial charge on any atom is 0.481 e. The van der Waals surface area contributed by atoms with E-state index in [1.54, 1.807) is 0 Å². The minimum absolute atomic E-state index is 0.0340. The number of aromatic nitrogens is 4. The van der Waals surface area contributed by atoms with E-state index in [4.69, 9.17) is 19.5 Å². The van der Waals surface area contributed by atoms with Crippen LogP contribution >= 0.6 is 35.2 Å². The van der Waals surface area contributed by atoms with Gasteiger partial charge in [0.05, 0.1) is 19.5 Å². The fraction of sp³-hybridized carbons (Fsp3) is 0.795. The number of aliphatic hydroxyl groups is 2. The molecule has 1 saturated heterocycles. The number of amides is 2. The van der Waals surface area contributed by atoms with E-state index in [1.807, 2.05) is 0 Å². The minimum atomic E-state index is -5.57. The molecule has 0 radical (unpaired) electrons. The molecule has 28 heteroatoms. The third-order valence-electron chi connectivity index (χ3n) is 10.7. The Kier molecular flexibility index (Phi) is 25.5. The molecule has 7 atom stereocenters. The smallest absolute Gasteiger partial charge is 0.386 e. The first-order chi connectivity index (χ1) is 31.6. The predicted octanol–water partition coefficient (Wildman–Crippen LogP) is 4.93. The summed E-state index contributed by atoms with van der Waals surface area (Å²) in [5.74, 6) is -1.02. The Morgan fingerprint density at radius 2 is 1.43 bits per heavy atom. The van der Waals surface area contributed by atoms with Gasteiger partial charge in [0.15, 0.2) is 22.8 Å². The lowest BCUT2D eigenvalue weighted by Gasteiger charge is -2.30. The van der Waals surface area contributed by atoms with Crippen molar-refractivity contribution in [3.63, 3.8) is 0 Å². The molecular weight excluding hydrogens is 981 g/mol. The SMILES string of the molecule is CC(C)(COP(=O)(O)OP(=O)(O)OC[C@H]1O[C@@H](n2cnc3c(N)ncnc32)[C@H](O)[C@@H]1OP(=O)(O)O)[C@@H](O)C(=O)NCCC(=O)NCCS[13C](=O)[13CH2][13CH2][13CH2][13CH2][13CH2][13CH2][13CH2][13CH2][13CH2][13CH2][13CH2][13CH2][13CH2][13CH2][13CH2][13CH2][13CH3]. The molecular formula is C39H70N7O17P3S. The summed E-state index contributed by atoms with van der Waals surface area (Å²) in [5, 5.41) is 26.7. The average molecular weight is 1050 g/mol. The van der Waals surface area contributed by atoms with Gasteiger partial charge in [-0.05, 0) is 6.42 Å². The summed E-state index contributed by atoms with van der Waals surface area (Å²) in [6, 6.07) is 0. The van der Waals surface area contributed by atoms with E-state index < -0.39 is 84.6 Å².